The standard InChI is InChI=1S/C30H45NO5/c1-18(2)15-26(28(33)36-34)31-21-11-13-29(3)20(16-21)6-7-22-24-9-8-23(19-5-10-27(32)35-17-19)30(24,4)14-12-25(22)29/h5,10,17-18,20-26,31,34H,6-9,11-16H2,1-4H3. The fourth-order valence-electron chi connectivity index (χ4n) is 9.58. The Labute approximate surface area is 215 Å². The van der Waals surface area contributed by atoms with Gasteiger partial charge in [-0.2, -0.15) is 5.26 Å². The highest BCUT2D eigenvalue weighted by Gasteiger charge is 2.60. The normalized spacial score (nSPS) is 40.7. The number of nitrogens with one attached hydrogen (secondary N) is 1. The lowest BCUT2D eigenvalue weighted by Crippen LogP contribution is -2.56. The van der Waals surface area contributed by atoms with Crippen molar-refractivity contribution >= 4 is 5.97 Å². The molecule has 6 heteroatoms. The topological polar surface area (TPSA) is 88.8 Å². The van der Waals surface area contributed by atoms with Gasteiger partial charge in [-0.05, 0) is 122 Å². The SMILES string of the molecule is CC(C)CC(NC1CCC2(C)C(CCC3C2CCC2(C)C(c4ccc(=O)oc4)CCC32)C1)C(=O)OO. The fraction of sp³-hybridized carbons (Fsp3) is 0.800. The van der Waals surface area contributed by atoms with E-state index < -0.39 is 12.0 Å². The highest BCUT2D eigenvalue weighted by Crippen LogP contribution is 2.69. The van der Waals surface area contributed by atoms with Gasteiger partial charge in [0.25, 0.3) is 0 Å². The van der Waals surface area contributed by atoms with E-state index in [4.69, 9.17) is 9.67 Å². The van der Waals surface area contributed by atoms with Gasteiger partial charge in [0.05, 0.1) is 6.26 Å². The molecule has 36 heavy (non-hydrogen) atoms. The lowest BCUT2D eigenvalue weighted by Gasteiger charge is -2.61. The molecule has 1 aromatic heterocycles. The number of rotatable bonds is 6. The van der Waals surface area contributed by atoms with Gasteiger partial charge in [0.1, 0.15) is 6.04 Å². The van der Waals surface area contributed by atoms with E-state index >= 15 is 0 Å². The number of fused-ring (bicyclic) bond motifs is 5. The van der Waals surface area contributed by atoms with Crippen molar-refractivity contribution < 1.29 is 19.4 Å². The summed E-state index contributed by atoms with van der Waals surface area (Å²) in [7, 11) is 0. The zero-order valence-electron chi connectivity index (χ0n) is 22.5. The minimum absolute atomic E-state index is 0.262. The number of hydrogen-bond donors (Lipinski definition) is 2. The Morgan fingerprint density at radius 1 is 1.08 bits per heavy atom. The molecule has 5 rings (SSSR count). The van der Waals surface area contributed by atoms with E-state index in [-0.39, 0.29) is 11.0 Å². The number of carbonyl (C=O) groups is 1. The molecule has 0 amide bonds. The highest BCUT2D eigenvalue weighted by molar-refractivity contribution is 5.75. The second-order valence-electron chi connectivity index (χ2n) is 13.4. The molecule has 9 unspecified atom stereocenters. The first-order chi connectivity index (χ1) is 17.2. The van der Waals surface area contributed by atoms with Gasteiger partial charge in [-0.1, -0.05) is 27.7 Å². The van der Waals surface area contributed by atoms with Crippen LogP contribution >= 0.6 is 0 Å². The van der Waals surface area contributed by atoms with Gasteiger partial charge < -0.3 is 9.73 Å². The van der Waals surface area contributed by atoms with Crippen LogP contribution in [0.4, 0.5) is 0 Å². The Bertz CT molecular complexity index is 985. The van der Waals surface area contributed by atoms with E-state index in [1.807, 2.05) is 6.07 Å². The van der Waals surface area contributed by atoms with Crippen molar-refractivity contribution in [2.45, 2.75) is 110 Å². The van der Waals surface area contributed by atoms with Gasteiger partial charge in [-0.25, -0.2) is 9.59 Å². The first-order valence-corrected chi connectivity index (χ1v) is 14.4. The average molecular weight is 500 g/mol. The van der Waals surface area contributed by atoms with E-state index in [2.05, 4.69) is 37.9 Å². The Morgan fingerprint density at radius 3 is 2.53 bits per heavy atom. The van der Waals surface area contributed by atoms with Crippen molar-refractivity contribution in [1.29, 1.82) is 0 Å². The van der Waals surface area contributed by atoms with Gasteiger partial charge in [0.2, 0.25) is 0 Å². The molecule has 0 aromatic carbocycles. The molecule has 1 aromatic rings. The second-order valence-corrected chi connectivity index (χ2v) is 13.4. The van der Waals surface area contributed by atoms with Gasteiger partial charge in [0, 0.05) is 12.1 Å². The third kappa shape index (κ3) is 4.47. The largest absolute Gasteiger partial charge is 0.431 e. The number of hydrogen-bond acceptors (Lipinski definition) is 6. The third-order valence-electron chi connectivity index (χ3n) is 11.3. The van der Waals surface area contributed by atoms with Crippen LogP contribution in [0.25, 0.3) is 0 Å². The Morgan fingerprint density at radius 2 is 1.83 bits per heavy atom. The average Bonchev–Trinajstić information content (AvgIpc) is 3.20. The van der Waals surface area contributed by atoms with E-state index in [1.165, 1.54) is 50.5 Å². The fourth-order valence-corrected chi connectivity index (χ4v) is 9.58. The lowest BCUT2D eigenvalue weighted by molar-refractivity contribution is -0.237. The monoisotopic (exact) mass is 499 g/mol. The second kappa shape index (κ2) is 9.90. The third-order valence-corrected chi connectivity index (χ3v) is 11.3. The molecular formula is C30H45NO5. The molecule has 4 aliphatic carbocycles. The van der Waals surface area contributed by atoms with Gasteiger partial charge in [0.15, 0.2) is 0 Å². The van der Waals surface area contributed by atoms with Crippen LogP contribution in [0.3, 0.4) is 0 Å². The predicted octanol–water partition coefficient (Wildman–Crippen LogP) is 6.16. The molecule has 1 heterocycles. The Kier molecular flexibility index (Phi) is 7.14. The summed E-state index contributed by atoms with van der Waals surface area (Å²) < 4.78 is 5.26. The lowest BCUT2D eigenvalue weighted by atomic mass is 9.44. The first-order valence-electron chi connectivity index (χ1n) is 14.4. The summed E-state index contributed by atoms with van der Waals surface area (Å²) in [6.07, 6.45) is 13.4. The van der Waals surface area contributed by atoms with Crippen molar-refractivity contribution in [3.63, 3.8) is 0 Å². The van der Waals surface area contributed by atoms with Crippen molar-refractivity contribution in [3.05, 3.63) is 34.4 Å². The van der Waals surface area contributed by atoms with Crippen molar-refractivity contribution in [3.8, 4) is 0 Å². The summed E-state index contributed by atoms with van der Waals surface area (Å²) >= 11 is 0. The smallest absolute Gasteiger partial charge is 0.358 e. The summed E-state index contributed by atoms with van der Waals surface area (Å²) in [6, 6.07) is 3.46. The maximum atomic E-state index is 12.2. The minimum Gasteiger partial charge on any atom is -0.431 e. The van der Waals surface area contributed by atoms with Crippen LogP contribution in [-0.4, -0.2) is 23.3 Å². The molecule has 0 radical (unpaired) electrons. The molecule has 4 saturated carbocycles. The van der Waals surface area contributed by atoms with E-state index in [0.29, 0.717) is 35.6 Å². The van der Waals surface area contributed by atoms with Crippen molar-refractivity contribution in [2.24, 2.45) is 40.4 Å². The number of carbonyl (C=O) groups excluding carboxylic acids is 1. The molecule has 200 valence electrons. The Balaban J connectivity index is 1.28. The maximum absolute atomic E-state index is 12.2. The van der Waals surface area contributed by atoms with Crippen LogP contribution in [0, 0.1) is 40.4 Å². The quantitative estimate of drug-likeness (QED) is 0.360. The van der Waals surface area contributed by atoms with Crippen LogP contribution in [0.5, 0.6) is 0 Å². The molecule has 2 N–H and O–H groups in total. The molecule has 9 atom stereocenters. The van der Waals surface area contributed by atoms with Gasteiger partial charge >= 0.3 is 11.6 Å². The van der Waals surface area contributed by atoms with Gasteiger partial charge in [-0.15, -0.1) is 0 Å². The van der Waals surface area contributed by atoms with Crippen molar-refractivity contribution in [2.75, 3.05) is 0 Å². The molecule has 4 aliphatic rings. The summed E-state index contributed by atoms with van der Waals surface area (Å²) in [5.74, 6) is 3.27. The zero-order chi connectivity index (χ0) is 25.7. The van der Waals surface area contributed by atoms with Crippen LogP contribution in [0.1, 0.15) is 103 Å². The molecule has 4 fully saturated rings. The Hall–Kier alpha value is -1.66. The highest BCUT2D eigenvalue weighted by atomic mass is 17.1. The zero-order valence-corrected chi connectivity index (χ0v) is 22.5. The van der Waals surface area contributed by atoms with E-state index in [1.54, 1.807) is 12.3 Å². The molecule has 0 saturated heterocycles. The van der Waals surface area contributed by atoms with Crippen LogP contribution in [-0.2, 0) is 9.68 Å². The first kappa shape index (κ1) is 26.0. The van der Waals surface area contributed by atoms with Crippen LogP contribution in [0.2, 0.25) is 0 Å². The van der Waals surface area contributed by atoms with Crippen molar-refractivity contribution in [1.82, 2.24) is 5.32 Å². The van der Waals surface area contributed by atoms with Crippen LogP contribution < -0.4 is 10.9 Å². The molecular weight excluding hydrogens is 454 g/mol. The summed E-state index contributed by atoms with van der Waals surface area (Å²) in [6.45, 7) is 9.27. The molecule has 0 bridgehead atoms. The molecule has 6 nitrogen and oxygen atoms in total. The summed E-state index contributed by atoms with van der Waals surface area (Å²) in [5.41, 5.74) is 1.60. The summed E-state index contributed by atoms with van der Waals surface area (Å²) in [5, 5.41) is 12.6. The molecule has 0 spiro atoms. The van der Waals surface area contributed by atoms with E-state index in [9.17, 15) is 9.59 Å². The molecule has 0 aliphatic heterocycles. The predicted molar refractivity (Wildman–Crippen MR) is 138 cm³/mol. The van der Waals surface area contributed by atoms with Gasteiger partial charge in [-0.3, -0.25) is 4.89 Å². The van der Waals surface area contributed by atoms with E-state index in [0.717, 1.165) is 30.6 Å². The minimum atomic E-state index is -0.555. The van der Waals surface area contributed by atoms with Crippen LogP contribution in [0.15, 0.2) is 27.6 Å². The maximum Gasteiger partial charge on any atom is 0.358 e. The summed E-state index contributed by atoms with van der Waals surface area (Å²) in [4.78, 5) is 27.8.